The largest absolute Gasteiger partial charge is 0.388 e. The summed E-state index contributed by atoms with van der Waals surface area (Å²) in [7, 11) is 0. The molecule has 0 fully saturated rings. The van der Waals surface area contributed by atoms with Crippen LogP contribution < -0.4 is 16.4 Å². The molecule has 0 bridgehead atoms. The fourth-order valence-corrected chi connectivity index (χ4v) is 2.49. The molecule has 0 radical (unpaired) electrons. The minimum atomic E-state index is -0.228. The first-order valence-electron chi connectivity index (χ1n) is 7.98. The average Bonchev–Trinajstić information content (AvgIpc) is 3.05. The molecule has 0 spiro atoms. The van der Waals surface area contributed by atoms with E-state index in [1.165, 1.54) is 0 Å². The van der Waals surface area contributed by atoms with Crippen LogP contribution in [0, 0.1) is 5.41 Å². The van der Waals surface area contributed by atoms with E-state index in [1.807, 2.05) is 12.1 Å². The molecule has 0 aliphatic carbocycles. The summed E-state index contributed by atoms with van der Waals surface area (Å²) < 4.78 is 0. The number of fused-ring (bicyclic) bond motifs is 1. The van der Waals surface area contributed by atoms with Gasteiger partial charge >= 0.3 is 0 Å². The van der Waals surface area contributed by atoms with Crippen molar-refractivity contribution in [2.24, 2.45) is 5.73 Å². The second-order valence-corrected chi connectivity index (χ2v) is 5.69. The highest BCUT2D eigenvalue weighted by Crippen LogP contribution is 2.22. The lowest BCUT2D eigenvalue weighted by molar-refractivity contribution is -0.105. The SMILES string of the molecule is Cl.N=C(N)CCNC(=O)c1ccc2nc(-c3ccc(NC=O)cc3)[nH]c2c1. The lowest BCUT2D eigenvalue weighted by atomic mass is 10.2. The van der Waals surface area contributed by atoms with Gasteiger partial charge in [-0.05, 0) is 42.5 Å². The summed E-state index contributed by atoms with van der Waals surface area (Å²) in [4.78, 5) is 30.3. The third kappa shape index (κ3) is 4.83. The summed E-state index contributed by atoms with van der Waals surface area (Å²) in [5.41, 5.74) is 8.83. The number of imidazole rings is 1. The summed E-state index contributed by atoms with van der Waals surface area (Å²) in [6.45, 7) is 0.321. The van der Waals surface area contributed by atoms with Gasteiger partial charge in [0.25, 0.3) is 5.91 Å². The van der Waals surface area contributed by atoms with E-state index in [1.54, 1.807) is 30.3 Å². The molecule has 6 N–H and O–H groups in total. The van der Waals surface area contributed by atoms with E-state index < -0.39 is 0 Å². The number of benzene rings is 2. The zero-order valence-electron chi connectivity index (χ0n) is 14.3. The Morgan fingerprint density at radius 2 is 1.96 bits per heavy atom. The van der Waals surface area contributed by atoms with Gasteiger partial charge in [-0.15, -0.1) is 12.4 Å². The fourth-order valence-electron chi connectivity index (χ4n) is 2.49. The summed E-state index contributed by atoms with van der Waals surface area (Å²) in [5.74, 6) is 0.480. The molecule has 1 heterocycles. The summed E-state index contributed by atoms with van der Waals surface area (Å²) >= 11 is 0. The molecule has 2 amide bonds. The molecule has 0 aliphatic rings. The first-order chi connectivity index (χ1) is 12.6. The number of hydrogen-bond acceptors (Lipinski definition) is 4. The van der Waals surface area contributed by atoms with Gasteiger partial charge in [0.15, 0.2) is 0 Å². The van der Waals surface area contributed by atoms with Crippen LogP contribution in [-0.4, -0.2) is 34.7 Å². The highest BCUT2D eigenvalue weighted by Gasteiger charge is 2.10. The van der Waals surface area contributed by atoms with Crippen molar-refractivity contribution in [1.29, 1.82) is 5.41 Å². The van der Waals surface area contributed by atoms with Gasteiger partial charge in [0.1, 0.15) is 5.82 Å². The van der Waals surface area contributed by atoms with Gasteiger partial charge in [0.05, 0.1) is 16.9 Å². The Bertz CT molecular complexity index is 968. The van der Waals surface area contributed by atoms with Crippen molar-refractivity contribution in [3.63, 3.8) is 0 Å². The van der Waals surface area contributed by atoms with Crippen molar-refractivity contribution in [1.82, 2.24) is 15.3 Å². The predicted molar refractivity (Wildman–Crippen MR) is 107 cm³/mol. The molecule has 2 aromatic carbocycles. The Morgan fingerprint density at radius 1 is 1.22 bits per heavy atom. The monoisotopic (exact) mass is 386 g/mol. The molecule has 8 nitrogen and oxygen atoms in total. The van der Waals surface area contributed by atoms with E-state index in [-0.39, 0.29) is 24.1 Å². The van der Waals surface area contributed by atoms with Crippen LogP contribution in [0.15, 0.2) is 42.5 Å². The van der Waals surface area contributed by atoms with Crippen LogP contribution in [0.2, 0.25) is 0 Å². The number of carbonyl (C=O) groups excluding carboxylic acids is 2. The quantitative estimate of drug-likeness (QED) is 0.241. The summed E-state index contributed by atoms with van der Waals surface area (Å²) in [5, 5.41) is 12.5. The van der Waals surface area contributed by atoms with Crippen molar-refractivity contribution in [2.75, 3.05) is 11.9 Å². The molecule has 140 valence electrons. The highest BCUT2D eigenvalue weighted by atomic mass is 35.5. The summed E-state index contributed by atoms with van der Waals surface area (Å²) in [6, 6.07) is 12.5. The van der Waals surface area contributed by atoms with E-state index >= 15 is 0 Å². The van der Waals surface area contributed by atoms with E-state index in [9.17, 15) is 9.59 Å². The molecule has 9 heteroatoms. The van der Waals surface area contributed by atoms with Gasteiger partial charge in [-0.2, -0.15) is 0 Å². The highest BCUT2D eigenvalue weighted by molar-refractivity contribution is 5.98. The number of nitrogens with two attached hydrogens (primary N) is 1. The number of H-pyrrole nitrogens is 1. The van der Waals surface area contributed by atoms with Crippen LogP contribution in [0.1, 0.15) is 16.8 Å². The van der Waals surface area contributed by atoms with Crippen molar-refractivity contribution in [3.05, 3.63) is 48.0 Å². The Morgan fingerprint density at radius 3 is 2.63 bits per heavy atom. The lowest BCUT2D eigenvalue weighted by Gasteiger charge is -2.04. The van der Waals surface area contributed by atoms with Crippen LogP contribution >= 0.6 is 12.4 Å². The maximum atomic E-state index is 12.2. The normalized spacial score (nSPS) is 10.1. The number of carbonyl (C=O) groups is 2. The Hall–Kier alpha value is -3.39. The number of aromatic nitrogens is 2. The second-order valence-electron chi connectivity index (χ2n) is 5.69. The minimum Gasteiger partial charge on any atom is -0.388 e. The van der Waals surface area contributed by atoms with Gasteiger partial charge < -0.3 is 21.4 Å². The number of rotatable bonds is 7. The molecular formula is C18H19ClN6O2. The molecule has 0 atom stereocenters. The molecule has 27 heavy (non-hydrogen) atoms. The zero-order valence-corrected chi connectivity index (χ0v) is 15.1. The molecule has 0 saturated heterocycles. The zero-order chi connectivity index (χ0) is 18.5. The molecule has 1 aromatic heterocycles. The van der Waals surface area contributed by atoms with E-state index in [2.05, 4.69) is 20.6 Å². The number of nitrogens with zero attached hydrogens (tertiary/aromatic N) is 1. The van der Waals surface area contributed by atoms with Crippen LogP contribution in [-0.2, 0) is 4.79 Å². The van der Waals surface area contributed by atoms with Crippen molar-refractivity contribution in [2.45, 2.75) is 6.42 Å². The number of amides is 2. The maximum Gasteiger partial charge on any atom is 0.251 e. The van der Waals surface area contributed by atoms with Crippen LogP contribution in [0.3, 0.4) is 0 Å². The van der Waals surface area contributed by atoms with E-state index in [0.717, 1.165) is 16.6 Å². The van der Waals surface area contributed by atoms with E-state index in [0.29, 0.717) is 36.5 Å². The number of nitrogens with one attached hydrogen (secondary N) is 4. The number of hydrogen-bond donors (Lipinski definition) is 5. The second kappa shape index (κ2) is 8.81. The molecular weight excluding hydrogens is 368 g/mol. The Kier molecular flexibility index (Phi) is 6.51. The first-order valence-corrected chi connectivity index (χ1v) is 7.98. The van der Waals surface area contributed by atoms with Gasteiger partial charge in [0.2, 0.25) is 6.41 Å². The first kappa shape index (κ1) is 19.9. The van der Waals surface area contributed by atoms with Gasteiger partial charge in [-0.3, -0.25) is 15.0 Å². The number of amidine groups is 1. The molecule has 0 unspecified atom stereocenters. The van der Waals surface area contributed by atoms with Crippen LogP contribution in [0.5, 0.6) is 0 Å². The van der Waals surface area contributed by atoms with E-state index in [4.69, 9.17) is 11.1 Å². The number of anilines is 1. The fraction of sp³-hybridized carbons (Fsp3) is 0.111. The van der Waals surface area contributed by atoms with Crippen LogP contribution in [0.25, 0.3) is 22.4 Å². The Balaban J connectivity index is 0.00000261. The lowest BCUT2D eigenvalue weighted by Crippen LogP contribution is -2.27. The van der Waals surface area contributed by atoms with Crippen molar-refractivity contribution >= 4 is 47.3 Å². The minimum absolute atomic E-state index is 0. The maximum absolute atomic E-state index is 12.2. The van der Waals surface area contributed by atoms with Crippen molar-refractivity contribution in [3.8, 4) is 11.4 Å². The van der Waals surface area contributed by atoms with Gasteiger partial charge in [-0.25, -0.2) is 4.98 Å². The molecule has 3 rings (SSSR count). The number of halogens is 1. The average molecular weight is 387 g/mol. The number of aromatic amines is 1. The third-order valence-corrected chi connectivity index (χ3v) is 3.81. The predicted octanol–water partition coefficient (Wildman–Crippen LogP) is 2.28. The van der Waals surface area contributed by atoms with Crippen LogP contribution in [0.4, 0.5) is 5.69 Å². The van der Waals surface area contributed by atoms with Gasteiger partial charge in [0, 0.05) is 29.8 Å². The smallest absolute Gasteiger partial charge is 0.251 e. The molecule has 0 aliphatic heterocycles. The molecule has 3 aromatic rings. The van der Waals surface area contributed by atoms with Crippen molar-refractivity contribution < 1.29 is 9.59 Å². The third-order valence-electron chi connectivity index (χ3n) is 3.81. The topological polar surface area (TPSA) is 137 Å². The Labute approximate surface area is 161 Å². The molecule has 0 saturated carbocycles. The van der Waals surface area contributed by atoms with Gasteiger partial charge in [-0.1, -0.05) is 0 Å². The standard InChI is InChI=1S/C18H18N6O2.ClH/c19-16(20)7-8-21-18(26)12-3-6-14-15(9-12)24-17(23-14)11-1-4-13(5-2-11)22-10-25;/h1-6,9-10H,7-8H2,(H3,19,20)(H,21,26)(H,22,25)(H,23,24);1H. The summed E-state index contributed by atoms with van der Waals surface area (Å²) in [6.07, 6.45) is 0.941.